The van der Waals surface area contributed by atoms with Crippen LogP contribution in [0.3, 0.4) is 0 Å². The second-order valence-electron chi connectivity index (χ2n) is 6.54. The fraction of sp³-hybridized carbons (Fsp3) is 0.350. The average Bonchev–Trinajstić information content (AvgIpc) is 2.61. The van der Waals surface area contributed by atoms with Crippen LogP contribution in [0.15, 0.2) is 48.5 Å². The van der Waals surface area contributed by atoms with Crippen LogP contribution in [-0.4, -0.2) is 21.7 Å². The van der Waals surface area contributed by atoms with Gasteiger partial charge in [0.2, 0.25) is 0 Å². The van der Waals surface area contributed by atoms with E-state index < -0.39 is 0 Å². The summed E-state index contributed by atoms with van der Waals surface area (Å²) in [4.78, 5) is 0. The topological polar surface area (TPSA) is 20.2 Å². The summed E-state index contributed by atoms with van der Waals surface area (Å²) in [6.45, 7) is 0. The van der Waals surface area contributed by atoms with E-state index in [9.17, 15) is 5.11 Å². The first kappa shape index (κ1) is 15.4. The van der Waals surface area contributed by atoms with Gasteiger partial charge in [0.25, 0.3) is 0 Å². The lowest BCUT2D eigenvalue weighted by atomic mass is 9.58. The second-order valence-corrected chi connectivity index (χ2v) is 8.19. The zero-order valence-electron chi connectivity index (χ0n) is 13.1. The molecule has 2 aromatic rings. The minimum atomic E-state index is -0.357. The molecule has 23 heavy (non-hydrogen) atoms. The van der Waals surface area contributed by atoms with Gasteiger partial charge < -0.3 is 5.11 Å². The molecule has 3 heteroatoms. The van der Waals surface area contributed by atoms with E-state index in [0.717, 1.165) is 10.6 Å². The summed E-state index contributed by atoms with van der Waals surface area (Å²) >= 11 is 6.93. The number of thioether (sulfide) groups is 1. The molecular weight excluding hydrogens is 320 g/mol. The van der Waals surface area contributed by atoms with E-state index in [2.05, 4.69) is 48.5 Å². The van der Waals surface area contributed by atoms with Crippen molar-refractivity contribution in [3.05, 3.63) is 70.8 Å². The molecule has 0 amide bonds. The number of hydrogen-bond acceptors (Lipinski definition) is 3. The fourth-order valence-corrected chi connectivity index (χ4v) is 4.97. The van der Waals surface area contributed by atoms with Crippen molar-refractivity contribution in [1.82, 2.24) is 0 Å². The van der Waals surface area contributed by atoms with Crippen molar-refractivity contribution in [3.63, 3.8) is 0 Å². The van der Waals surface area contributed by atoms with E-state index in [1.54, 1.807) is 11.8 Å². The van der Waals surface area contributed by atoms with E-state index in [1.807, 2.05) is 6.26 Å². The Morgan fingerprint density at radius 3 is 2.13 bits per heavy atom. The Hall–Kier alpha value is -1.16. The molecule has 2 aromatic carbocycles. The molecule has 0 saturated carbocycles. The maximum atomic E-state index is 10.8. The van der Waals surface area contributed by atoms with E-state index in [4.69, 9.17) is 12.2 Å². The highest BCUT2D eigenvalue weighted by molar-refractivity contribution is 8.22. The molecule has 0 aromatic heterocycles. The predicted octanol–water partition coefficient (Wildman–Crippen LogP) is 4.73. The van der Waals surface area contributed by atoms with Crippen molar-refractivity contribution in [3.8, 4) is 0 Å². The van der Waals surface area contributed by atoms with Crippen molar-refractivity contribution < 1.29 is 5.11 Å². The first-order chi connectivity index (χ1) is 11.2. The van der Waals surface area contributed by atoms with Crippen LogP contribution >= 0.6 is 24.0 Å². The number of fused-ring (bicyclic) bond motifs is 1. The van der Waals surface area contributed by atoms with Gasteiger partial charge in [0.1, 0.15) is 0 Å². The molecule has 3 aliphatic carbocycles. The van der Waals surface area contributed by atoms with Gasteiger partial charge in [-0.2, -0.15) is 0 Å². The van der Waals surface area contributed by atoms with Crippen molar-refractivity contribution in [2.45, 2.75) is 30.8 Å². The summed E-state index contributed by atoms with van der Waals surface area (Å²) in [6, 6.07) is 17.5. The van der Waals surface area contributed by atoms with E-state index >= 15 is 0 Å². The standard InChI is InChI=1S/C20H20OS2/c1-23-19(22)11-18(21)17-10-16-12-6-2-4-8-14(12)20(17)15-9-5-3-7-13(15)16/h2-9,16-18,20-21H,10-11H2,1H3/t16?,17-,18-,20?/m0/s1. The molecule has 2 bridgehead atoms. The maximum Gasteiger partial charge on any atom is 0.0631 e. The first-order valence-corrected chi connectivity index (χ1v) is 9.76. The van der Waals surface area contributed by atoms with E-state index in [0.29, 0.717) is 18.3 Å². The predicted molar refractivity (Wildman–Crippen MR) is 101 cm³/mol. The van der Waals surface area contributed by atoms with Crippen LogP contribution in [-0.2, 0) is 0 Å². The lowest BCUT2D eigenvalue weighted by Gasteiger charge is -2.47. The average molecular weight is 341 g/mol. The Morgan fingerprint density at radius 1 is 1.09 bits per heavy atom. The van der Waals surface area contributed by atoms with Crippen LogP contribution in [0, 0.1) is 5.92 Å². The highest BCUT2D eigenvalue weighted by atomic mass is 32.2. The summed E-state index contributed by atoms with van der Waals surface area (Å²) in [5, 5.41) is 10.8. The Labute approximate surface area is 147 Å². The van der Waals surface area contributed by atoms with Gasteiger partial charge in [0.15, 0.2) is 0 Å². The van der Waals surface area contributed by atoms with Crippen molar-refractivity contribution >= 4 is 28.2 Å². The number of thiocarbonyl (C=S) groups is 1. The number of hydrogen-bond donors (Lipinski definition) is 1. The smallest absolute Gasteiger partial charge is 0.0631 e. The molecule has 2 atom stereocenters. The van der Waals surface area contributed by atoms with Gasteiger partial charge in [-0.05, 0) is 40.8 Å². The van der Waals surface area contributed by atoms with Crippen LogP contribution in [0.1, 0.15) is 46.9 Å². The van der Waals surface area contributed by atoms with Gasteiger partial charge in [-0.1, -0.05) is 60.7 Å². The highest BCUT2D eigenvalue weighted by Gasteiger charge is 2.45. The SMILES string of the molecule is CSC(=S)C[C@H](O)[C@@H]1CC2c3ccccc3C1c1ccccc12. The first-order valence-electron chi connectivity index (χ1n) is 8.13. The van der Waals surface area contributed by atoms with Crippen LogP contribution in [0.2, 0.25) is 0 Å². The molecule has 118 valence electrons. The fourth-order valence-electron chi connectivity index (χ4n) is 4.47. The molecule has 0 saturated heterocycles. The molecule has 0 heterocycles. The van der Waals surface area contributed by atoms with Crippen molar-refractivity contribution in [2.75, 3.05) is 6.26 Å². The molecule has 0 spiro atoms. The minimum absolute atomic E-state index is 0.259. The summed E-state index contributed by atoms with van der Waals surface area (Å²) in [7, 11) is 0. The van der Waals surface area contributed by atoms with Gasteiger partial charge in [0.05, 0.1) is 10.3 Å². The molecule has 0 unspecified atom stereocenters. The van der Waals surface area contributed by atoms with Crippen molar-refractivity contribution in [1.29, 1.82) is 0 Å². The number of aliphatic hydroxyl groups is 1. The molecular formula is C20H20OS2. The van der Waals surface area contributed by atoms with E-state index in [1.165, 1.54) is 22.3 Å². The summed E-state index contributed by atoms with van der Waals surface area (Å²) < 4.78 is 0.903. The third-order valence-corrected chi connectivity index (χ3v) is 6.74. The van der Waals surface area contributed by atoms with E-state index in [-0.39, 0.29) is 12.0 Å². The Morgan fingerprint density at radius 2 is 1.61 bits per heavy atom. The van der Waals surface area contributed by atoms with Gasteiger partial charge >= 0.3 is 0 Å². The molecule has 0 fully saturated rings. The normalized spacial score (nSPS) is 25.6. The molecule has 1 N–H and O–H groups in total. The quantitative estimate of drug-likeness (QED) is 0.816. The highest BCUT2D eigenvalue weighted by Crippen LogP contribution is 2.56. The summed E-state index contributed by atoms with van der Waals surface area (Å²) in [6.07, 6.45) is 3.28. The lowest BCUT2D eigenvalue weighted by molar-refractivity contribution is 0.0880. The molecule has 0 radical (unpaired) electrons. The van der Waals surface area contributed by atoms with Gasteiger partial charge in [-0.15, -0.1) is 11.8 Å². The third kappa shape index (κ3) is 2.46. The van der Waals surface area contributed by atoms with Crippen LogP contribution < -0.4 is 0 Å². The van der Waals surface area contributed by atoms with Gasteiger partial charge in [-0.3, -0.25) is 0 Å². The Kier molecular flexibility index (Phi) is 4.04. The Balaban J connectivity index is 1.78. The van der Waals surface area contributed by atoms with Gasteiger partial charge in [0, 0.05) is 18.3 Å². The van der Waals surface area contributed by atoms with Crippen LogP contribution in [0.25, 0.3) is 0 Å². The minimum Gasteiger partial charge on any atom is -0.392 e. The van der Waals surface area contributed by atoms with Gasteiger partial charge in [-0.25, -0.2) is 0 Å². The van der Waals surface area contributed by atoms with Crippen LogP contribution in [0.5, 0.6) is 0 Å². The Bertz CT molecular complexity index is 707. The zero-order valence-corrected chi connectivity index (χ0v) is 14.7. The molecule has 1 nitrogen and oxygen atoms in total. The largest absolute Gasteiger partial charge is 0.392 e. The van der Waals surface area contributed by atoms with Crippen molar-refractivity contribution in [2.24, 2.45) is 5.92 Å². The molecule has 0 aliphatic heterocycles. The summed E-state index contributed by atoms with van der Waals surface area (Å²) in [5.41, 5.74) is 5.71. The third-order valence-electron chi connectivity index (χ3n) is 5.45. The summed E-state index contributed by atoms with van der Waals surface area (Å²) in [5.74, 6) is 0.969. The number of rotatable bonds is 3. The maximum absolute atomic E-state index is 10.8. The number of benzene rings is 2. The monoisotopic (exact) mass is 340 g/mol. The molecule has 3 aliphatic rings. The zero-order chi connectivity index (χ0) is 16.0. The van der Waals surface area contributed by atoms with Crippen LogP contribution in [0.4, 0.5) is 0 Å². The lowest BCUT2D eigenvalue weighted by Crippen LogP contribution is -2.38. The number of aliphatic hydroxyl groups excluding tert-OH is 1. The second kappa shape index (κ2) is 6.04. The molecule has 5 rings (SSSR count).